The van der Waals surface area contributed by atoms with Crippen molar-refractivity contribution >= 4 is 21.6 Å². The van der Waals surface area contributed by atoms with E-state index in [2.05, 4.69) is 5.32 Å². The number of fused-ring (bicyclic) bond motifs is 1. The van der Waals surface area contributed by atoms with E-state index in [1.54, 1.807) is 19.2 Å². The van der Waals surface area contributed by atoms with Crippen LogP contribution in [0.15, 0.2) is 71.6 Å². The first-order valence-corrected chi connectivity index (χ1v) is 14.4. The Morgan fingerprint density at radius 1 is 1.03 bits per heavy atom. The molecule has 2 fully saturated rings. The summed E-state index contributed by atoms with van der Waals surface area (Å²) in [5.74, 6) is 1.33. The minimum atomic E-state index is -3.51. The van der Waals surface area contributed by atoms with Gasteiger partial charge in [0, 0.05) is 25.6 Å². The standard InChI is InChI=1S/C29H30N2O6S/c1-35-18-24-6-3-15-31(24)38(33,34)25-10-7-20(8-11-25)21-4-2-5-23(16-21)30-28(32)29(13-14-29)22-9-12-26-27(17-22)37-19-36-26/h2,4-5,7-12,16-17,24H,3,6,13-15,18-19H2,1H3,(H,30,32)/p+1/t24-/m1/s1. The van der Waals surface area contributed by atoms with Crippen LogP contribution < -0.4 is 19.1 Å². The van der Waals surface area contributed by atoms with Crippen LogP contribution in [0, 0.1) is 0 Å². The number of rotatable bonds is 8. The zero-order valence-corrected chi connectivity index (χ0v) is 22.1. The van der Waals surface area contributed by atoms with Gasteiger partial charge in [0.1, 0.15) is 10.9 Å². The van der Waals surface area contributed by atoms with Crippen molar-refractivity contribution in [3.63, 3.8) is 0 Å². The second-order valence-electron chi connectivity index (χ2n) is 10.2. The maximum Gasteiger partial charge on any atom is 0.326 e. The molecular weight excluding hydrogens is 504 g/mol. The van der Waals surface area contributed by atoms with Crippen LogP contribution in [0.4, 0.5) is 5.69 Å². The van der Waals surface area contributed by atoms with Gasteiger partial charge in [-0.05, 0) is 65.9 Å². The summed E-state index contributed by atoms with van der Waals surface area (Å²) < 4.78 is 43.3. The van der Waals surface area contributed by atoms with Crippen LogP contribution >= 0.6 is 0 Å². The van der Waals surface area contributed by atoms with Gasteiger partial charge in [-0.2, -0.15) is 8.42 Å². The predicted octanol–water partition coefficient (Wildman–Crippen LogP) is 3.14. The SMILES string of the molecule is COC[C@H]1CCC[NH+]1S(=O)(=O)c1ccc(-c2cccc(NC(=O)C3(c4ccc5c(c4)OCO5)CC3)c2)cc1. The molecule has 9 heteroatoms. The van der Waals surface area contributed by atoms with Gasteiger partial charge in [-0.1, -0.05) is 30.3 Å². The molecule has 0 radical (unpaired) electrons. The topological polar surface area (TPSA) is 95.4 Å². The zero-order chi connectivity index (χ0) is 26.3. The molecule has 1 unspecified atom stereocenters. The lowest BCUT2D eigenvalue weighted by molar-refractivity contribution is -0.782. The highest BCUT2D eigenvalue weighted by atomic mass is 32.2. The number of amides is 1. The predicted molar refractivity (Wildman–Crippen MR) is 142 cm³/mol. The molecule has 3 aromatic rings. The van der Waals surface area contributed by atoms with Gasteiger partial charge in [0.25, 0.3) is 0 Å². The molecule has 1 amide bonds. The average molecular weight is 536 g/mol. The van der Waals surface area contributed by atoms with Gasteiger partial charge in [-0.3, -0.25) is 4.79 Å². The minimum absolute atomic E-state index is 0.0441. The Morgan fingerprint density at radius 2 is 1.82 bits per heavy atom. The number of quaternary nitrogens is 1. The van der Waals surface area contributed by atoms with Gasteiger partial charge in [-0.15, -0.1) is 0 Å². The first-order chi connectivity index (χ1) is 18.4. The fourth-order valence-electron chi connectivity index (χ4n) is 5.59. The lowest BCUT2D eigenvalue weighted by atomic mass is 9.94. The van der Waals surface area contributed by atoms with E-state index >= 15 is 0 Å². The highest BCUT2D eigenvalue weighted by molar-refractivity contribution is 7.85. The van der Waals surface area contributed by atoms with Gasteiger partial charge in [0.15, 0.2) is 11.5 Å². The van der Waals surface area contributed by atoms with Gasteiger partial charge in [0.05, 0.1) is 18.6 Å². The molecule has 1 aliphatic carbocycles. The van der Waals surface area contributed by atoms with Crippen LogP contribution in [-0.4, -0.2) is 47.4 Å². The molecule has 2 aliphatic heterocycles. The van der Waals surface area contributed by atoms with E-state index in [4.69, 9.17) is 14.2 Å². The quantitative estimate of drug-likeness (QED) is 0.460. The maximum atomic E-state index is 13.3. The van der Waals surface area contributed by atoms with Crippen LogP contribution in [0.3, 0.4) is 0 Å². The molecule has 2 atom stereocenters. The molecule has 1 saturated carbocycles. The number of sulfonamides is 1. The van der Waals surface area contributed by atoms with E-state index in [0.717, 1.165) is 42.4 Å². The molecule has 8 nitrogen and oxygen atoms in total. The lowest BCUT2D eigenvalue weighted by Crippen LogP contribution is -3.15. The largest absolute Gasteiger partial charge is 0.454 e. The highest BCUT2D eigenvalue weighted by Crippen LogP contribution is 2.51. The summed E-state index contributed by atoms with van der Waals surface area (Å²) in [6, 6.07) is 20.3. The maximum absolute atomic E-state index is 13.3. The molecule has 3 aromatic carbocycles. The smallest absolute Gasteiger partial charge is 0.326 e. The van der Waals surface area contributed by atoms with Gasteiger partial charge in [-0.25, -0.2) is 4.31 Å². The van der Waals surface area contributed by atoms with Crippen molar-refractivity contribution in [3.05, 3.63) is 72.3 Å². The van der Waals surface area contributed by atoms with Gasteiger partial charge in [0.2, 0.25) is 12.7 Å². The Bertz CT molecular complexity index is 1470. The fourth-order valence-corrected chi connectivity index (χ4v) is 7.43. The van der Waals surface area contributed by atoms with Crippen molar-refractivity contribution in [1.29, 1.82) is 0 Å². The zero-order valence-electron chi connectivity index (χ0n) is 21.2. The van der Waals surface area contributed by atoms with Gasteiger partial charge >= 0.3 is 10.0 Å². The third-order valence-corrected chi connectivity index (χ3v) is 9.99. The number of benzene rings is 3. The second kappa shape index (κ2) is 9.72. The molecule has 3 aliphatic rings. The summed E-state index contributed by atoms with van der Waals surface area (Å²) >= 11 is 0. The fraction of sp³-hybridized carbons (Fsp3) is 0.345. The number of methoxy groups -OCH3 is 1. The molecule has 38 heavy (non-hydrogen) atoms. The monoisotopic (exact) mass is 535 g/mol. The number of ether oxygens (including phenoxy) is 3. The number of hydrogen-bond acceptors (Lipinski definition) is 6. The van der Waals surface area contributed by atoms with Gasteiger partial charge < -0.3 is 19.5 Å². The third kappa shape index (κ3) is 4.44. The molecule has 198 valence electrons. The van der Waals surface area contributed by atoms with Crippen LogP contribution in [0.1, 0.15) is 31.2 Å². The average Bonchev–Trinajstić information content (AvgIpc) is 3.37. The Labute approximate surface area is 222 Å². The third-order valence-electron chi connectivity index (χ3n) is 7.87. The number of carbonyl (C=O) groups is 1. The summed E-state index contributed by atoms with van der Waals surface area (Å²) in [5.41, 5.74) is 2.83. The van der Waals surface area contributed by atoms with Crippen LogP contribution in [0.2, 0.25) is 0 Å². The van der Waals surface area contributed by atoms with Crippen LogP contribution in [-0.2, 0) is 25.0 Å². The van der Waals surface area contributed by atoms with Crippen LogP contribution in [0.5, 0.6) is 11.5 Å². The Kier molecular flexibility index (Phi) is 6.37. The Balaban J connectivity index is 1.18. The summed E-state index contributed by atoms with van der Waals surface area (Å²) in [6.07, 6.45) is 3.26. The molecule has 2 N–H and O–H groups in total. The van der Waals surface area contributed by atoms with Crippen molar-refractivity contribution in [2.75, 3.05) is 32.4 Å². The van der Waals surface area contributed by atoms with E-state index in [9.17, 15) is 13.2 Å². The van der Waals surface area contributed by atoms with Crippen molar-refractivity contribution in [2.45, 2.75) is 42.0 Å². The van der Waals surface area contributed by atoms with Crippen molar-refractivity contribution in [1.82, 2.24) is 0 Å². The van der Waals surface area contributed by atoms with E-state index in [-0.39, 0.29) is 18.7 Å². The lowest BCUT2D eigenvalue weighted by Gasteiger charge is -2.20. The summed E-state index contributed by atoms with van der Waals surface area (Å²) in [5, 5.41) is 3.09. The minimum Gasteiger partial charge on any atom is -0.454 e. The first-order valence-electron chi connectivity index (χ1n) is 12.9. The summed E-state index contributed by atoms with van der Waals surface area (Å²) in [4.78, 5) is 13.6. The summed E-state index contributed by atoms with van der Waals surface area (Å²) in [7, 11) is -1.90. The Morgan fingerprint density at radius 3 is 2.58 bits per heavy atom. The molecule has 0 aromatic heterocycles. The first kappa shape index (κ1) is 24.9. The van der Waals surface area contributed by atoms with Crippen LogP contribution in [0.25, 0.3) is 11.1 Å². The normalized spacial score (nSPS) is 21.3. The van der Waals surface area contributed by atoms with E-state index in [1.807, 2.05) is 54.6 Å². The summed E-state index contributed by atoms with van der Waals surface area (Å²) in [6.45, 7) is 1.22. The van der Waals surface area contributed by atoms with E-state index in [1.165, 1.54) is 0 Å². The van der Waals surface area contributed by atoms with Crippen molar-refractivity contribution < 1.29 is 31.7 Å². The van der Waals surface area contributed by atoms with E-state index in [0.29, 0.717) is 39.5 Å². The molecule has 1 saturated heterocycles. The van der Waals surface area contributed by atoms with E-state index < -0.39 is 15.4 Å². The molecule has 6 rings (SSSR count). The number of nitrogens with one attached hydrogen (secondary N) is 2. The molecular formula is C29H31N2O6S+. The number of carbonyl (C=O) groups excluding carboxylic acids is 1. The number of anilines is 1. The number of hydrogen-bond donors (Lipinski definition) is 2. The van der Waals surface area contributed by atoms with Crippen molar-refractivity contribution in [3.8, 4) is 22.6 Å². The highest BCUT2D eigenvalue weighted by Gasteiger charge is 2.51. The molecule has 2 heterocycles. The second-order valence-corrected chi connectivity index (χ2v) is 12.2. The Hall–Kier alpha value is -3.40. The molecule has 0 spiro atoms. The van der Waals surface area contributed by atoms with Crippen molar-refractivity contribution in [2.24, 2.45) is 0 Å². The molecule has 0 bridgehead atoms.